The second-order valence-corrected chi connectivity index (χ2v) is 9.60. The van der Waals surface area contributed by atoms with Gasteiger partial charge in [-0.3, -0.25) is 9.69 Å². The summed E-state index contributed by atoms with van der Waals surface area (Å²) in [5.74, 6) is 0.664. The van der Waals surface area contributed by atoms with E-state index in [1.165, 1.54) is 18.9 Å². The van der Waals surface area contributed by atoms with Gasteiger partial charge in [-0.25, -0.2) is 0 Å². The highest BCUT2D eigenvalue weighted by Gasteiger charge is 2.34. The maximum atomic E-state index is 12.9. The molecule has 0 bridgehead atoms. The topological polar surface area (TPSA) is 71.8 Å². The van der Waals surface area contributed by atoms with Crippen LogP contribution in [0, 0.1) is 11.3 Å². The molecule has 0 radical (unpaired) electrons. The molecule has 1 atom stereocenters. The highest BCUT2D eigenvalue weighted by Crippen LogP contribution is 2.39. The Hall–Kier alpha value is -2.57. The van der Waals surface area contributed by atoms with E-state index in [2.05, 4.69) is 6.07 Å². The molecule has 170 valence electrons. The highest BCUT2D eigenvalue weighted by atomic mass is 35.5. The molecule has 2 heterocycles. The summed E-state index contributed by atoms with van der Waals surface area (Å²) in [5.41, 5.74) is 1.98. The third-order valence-electron chi connectivity index (χ3n) is 5.34. The summed E-state index contributed by atoms with van der Waals surface area (Å²) in [6, 6.07) is 12.8. The van der Waals surface area contributed by atoms with Crippen LogP contribution in [0.3, 0.4) is 0 Å². The van der Waals surface area contributed by atoms with Gasteiger partial charge in [0.2, 0.25) is 0 Å². The maximum Gasteiger partial charge on any atom is 0.266 e. The second kappa shape index (κ2) is 10.6. The number of amides is 1. The number of ether oxygens (including phenoxy) is 3. The predicted molar refractivity (Wildman–Crippen MR) is 132 cm³/mol. The average Bonchev–Trinajstić information content (AvgIpc) is 3.42. The van der Waals surface area contributed by atoms with Crippen LogP contribution in [-0.4, -0.2) is 41.5 Å². The lowest BCUT2D eigenvalue weighted by Gasteiger charge is -2.18. The Labute approximate surface area is 207 Å². The minimum atomic E-state index is -0.135. The van der Waals surface area contributed by atoms with E-state index >= 15 is 0 Å². The summed E-state index contributed by atoms with van der Waals surface area (Å²) in [6.07, 6.45) is 3.72. The van der Waals surface area contributed by atoms with Crippen molar-refractivity contribution in [2.45, 2.75) is 25.6 Å². The number of thiocarbonyl (C=S) groups is 1. The normalized spacial score (nSPS) is 19.2. The van der Waals surface area contributed by atoms with Gasteiger partial charge in [-0.1, -0.05) is 53.8 Å². The number of carbonyl (C=O) groups excluding carboxylic acids is 1. The number of methoxy groups -OCH3 is 1. The number of benzene rings is 2. The van der Waals surface area contributed by atoms with Gasteiger partial charge in [0.1, 0.15) is 10.9 Å². The van der Waals surface area contributed by atoms with Crippen LogP contribution in [0.4, 0.5) is 0 Å². The van der Waals surface area contributed by atoms with Crippen LogP contribution in [0.5, 0.6) is 11.5 Å². The van der Waals surface area contributed by atoms with Crippen LogP contribution in [0.25, 0.3) is 6.08 Å². The molecular weight excluding hydrogens is 480 g/mol. The Balaban J connectivity index is 1.52. The zero-order chi connectivity index (χ0) is 23.4. The molecule has 2 aromatic rings. The summed E-state index contributed by atoms with van der Waals surface area (Å²) in [4.78, 5) is 15.0. The summed E-state index contributed by atoms with van der Waals surface area (Å²) < 4.78 is 17.6. The van der Waals surface area contributed by atoms with Gasteiger partial charge in [-0.15, -0.1) is 0 Å². The van der Waals surface area contributed by atoms with Crippen molar-refractivity contribution < 1.29 is 19.0 Å². The molecule has 0 aliphatic carbocycles. The van der Waals surface area contributed by atoms with Crippen molar-refractivity contribution in [1.82, 2.24) is 4.90 Å². The van der Waals surface area contributed by atoms with Gasteiger partial charge in [-0.05, 0) is 42.7 Å². The van der Waals surface area contributed by atoms with Crippen LogP contribution in [-0.2, 0) is 16.1 Å². The predicted octanol–water partition coefficient (Wildman–Crippen LogP) is 5.18. The minimum absolute atomic E-state index is 0.0315. The molecule has 0 saturated carbocycles. The molecule has 1 amide bonds. The first kappa shape index (κ1) is 23.6. The Kier molecular flexibility index (Phi) is 7.56. The van der Waals surface area contributed by atoms with E-state index in [1.807, 2.05) is 12.1 Å². The number of thioether (sulfide) groups is 1. The van der Waals surface area contributed by atoms with Gasteiger partial charge >= 0.3 is 0 Å². The number of rotatable bonds is 7. The van der Waals surface area contributed by atoms with E-state index in [4.69, 9.17) is 38.0 Å². The maximum absolute atomic E-state index is 12.9. The highest BCUT2D eigenvalue weighted by molar-refractivity contribution is 8.26. The van der Waals surface area contributed by atoms with Crippen molar-refractivity contribution in [2.75, 3.05) is 20.3 Å². The second-order valence-electron chi connectivity index (χ2n) is 7.52. The van der Waals surface area contributed by atoms with Crippen molar-refractivity contribution in [3.63, 3.8) is 0 Å². The summed E-state index contributed by atoms with van der Waals surface area (Å²) in [7, 11) is 1.52. The summed E-state index contributed by atoms with van der Waals surface area (Å²) >= 11 is 13.2. The molecule has 6 nitrogen and oxygen atoms in total. The van der Waals surface area contributed by atoms with Gasteiger partial charge in [0.25, 0.3) is 5.91 Å². The third-order valence-corrected chi connectivity index (χ3v) is 7.00. The number of nitrogens with zero attached hydrogens (tertiary/aromatic N) is 2. The lowest BCUT2D eigenvalue weighted by Crippen LogP contribution is -2.35. The van der Waals surface area contributed by atoms with Crippen LogP contribution in [0.1, 0.15) is 29.5 Å². The van der Waals surface area contributed by atoms with Gasteiger partial charge < -0.3 is 14.2 Å². The molecule has 2 fully saturated rings. The van der Waals surface area contributed by atoms with Gasteiger partial charge in [-0.2, -0.15) is 5.26 Å². The van der Waals surface area contributed by atoms with Gasteiger partial charge in [0.05, 0.1) is 41.3 Å². The molecule has 4 rings (SSSR count). The average molecular weight is 501 g/mol. The molecule has 0 N–H and O–H groups in total. The lowest BCUT2D eigenvalue weighted by atomic mass is 10.1. The number of halogens is 1. The fourth-order valence-corrected chi connectivity index (χ4v) is 5.22. The molecule has 2 aromatic carbocycles. The number of hydrogen-bond donors (Lipinski definition) is 0. The summed E-state index contributed by atoms with van der Waals surface area (Å²) in [6.45, 7) is 1.37. The smallest absolute Gasteiger partial charge is 0.266 e. The fraction of sp³-hybridized carbons (Fsp3) is 0.292. The van der Waals surface area contributed by atoms with E-state index in [1.54, 1.807) is 35.2 Å². The van der Waals surface area contributed by atoms with Gasteiger partial charge in [0, 0.05) is 12.2 Å². The molecule has 0 spiro atoms. The molecule has 33 heavy (non-hydrogen) atoms. The number of carbonyl (C=O) groups is 1. The first-order chi connectivity index (χ1) is 16.0. The Morgan fingerprint density at radius 3 is 2.94 bits per heavy atom. The van der Waals surface area contributed by atoms with E-state index in [0.717, 1.165) is 25.0 Å². The molecular formula is C24H21ClN2O4S2. The molecule has 2 saturated heterocycles. The zero-order valence-corrected chi connectivity index (χ0v) is 20.3. The molecule has 2 aliphatic rings. The standard InChI is InChI=1S/C24H21ClN2O4S2/c1-29-20-10-15(9-19(25)22(20)31-14-17-6-3-2-5-16(17)12-26)11-21-23(28)27(24(32)33-21)13-18-7-4-8-30-18/h2-3,5-6,9-11,18H,4,7-8,13-14H2,1H3/b21-11-/t18-/m0/s1. The monoisotopic (exact) mass is 500 g/mol. The third kappa shape index (κ3) is 5.33. The van der Waals surface area contributed by atoms with Crippen molar-refractivity contribution >= 4 is 51.9 Å². The van der Waals surface area contributed by atoms with Crippen molar-refractivity contribution in [1.29, 1.82) is 5.26 Å². The van der Waals surface area contributed by atoms with Crippen LogP contribution < -0.4 is 9.47 Å². The molecule has 0 aromatic heterocycles. The minimum Gasteiger partial charge on any atom is -0.493 e. The molecule has 9 heteroatoms. The van der Waals surface area contributed by atoms with E-state index in [9.17, 15) is 10.1 Å². The number of hydrogen-bond acceptors (Lipinski definition) is 7. The van der Waals surface area contributed by atoms with E-state index in [0.29, 0.717) is 43.4 Å². The van der Waals surface area contributed by atoms with Gasteiger partial charge in [0.15, 0.2) is 11.5 Å². The largest absolute Gasteiger partial charge is 0.493 e. The number of nitriles is 1. The SMILES string of the molecule is COc1cc(/C=C2\SC(=S)N(C[C@@H]3CCCO3)C2=O)cc(Cl)c1OCc1ccccc1C#N. The van der Waals surface area contributed by atoms with Crippen LogP contribution in [0.2, 0.25) is 5.02 Å². The molecule has 0 unspecified atom stereocenters. The van der Waals surface area contributed by atoms with E-state index < -0.39 is 0 Å². The first-order valence-corrected chi connectivity index (χ1v) is 12.0. The fourth-order valence-electron chi connectivity index (χ4n) is 3.67. The quantitative estimate of drug-likeness (QED) is 0.383. The van der Waals surface area contributed by atoms with Crippen LogP contribution in [0.15, 0.2) is 41.3 Å². The van der Waals surface area contributed by atoms with Crippen molar-refractivity contribution in [3.8, 4) is 17.6 Å². The van der Waals surface area contributed by atoms with Crippen LogP contribution >= 0.6 is 35.6 Å². The summed E-state index contributed by atoms with van der Waals surface area (Å²) in [5, 5.41) is 9.61. The molecule has 2 aliphatic heterocycles. The lowest BCUT2D eigenvalue weighted by molar-refractivity contribution is -0.123. The Morgan fingerprint density at radius 2 is 2.21 bits per heavy atom. The zero-order valence-electron chi connectivity index (χ0n) is 17.9. The van der Waals surface area contributed by atoms with E-state index in [-0.39, 0.29) is 18.6 Å². The van der Waals surface area contributed by atoms with Crippen molar-refractivity contribution in [2.24, 2.45) is 0 Å². The first-order valence-electron chi connectivity index (χ1n) is 10.4. The Morgan fingerprint density at radius 1 is 1.39 bits per heavy atom. The van der Waals surface area contributed by atoms with Crippen molar-refractivity contribution in [3.05, 3.63) is 63.0 Å². The Bertz CT molecular complexity index is 1160.